The monoisotopic (exact) mass is 365 g/mol. The molecular weight excluding hydrogens is 350 g/mol. The van der Waals surface area contributed by atoms with Gasteiger partial charge >= 0.3 is 0 Å². The normalized spacial score (nSPS) is 14.0. The average Bonchev–Trinajstić information content (AvgIpc) is 3.19. The maximum absolute atomic E-state index is 11.8. The third kappa shape index (κ3) is 2.93. The smallest absolute Gasteiger partial charge is 0.255 e. The summed E-state index contributed by atoms with van der Waals surface area (Å²) < 4.78 is 1.04. The first kappa shape index (κ1) is 16.3. The molecule has 1 aliphatic rings. The molecule has 4 rings (SSSR count). The summed E-state index contributed by atoms with van der Waals surface area (Å²) in [7, 11) is 0. The van der Waals surface area contributed by atoms with Crippen LogP contribution in [0.25, 0.3) is 20.8 Å². The van der Waals surface area contributed by atoms with E-state index in [0.29, 0.717) is 22.0 Å². The molecule has 0 saturated carbocycles. The molecule has 1 aromatic heterocycles. The van der Waals surface area contributed by atoms with E-state index in [1.165, 1.54) is 24.3 Å². The lowest BCUT2D eigenvalue weighted by Gasteiger charge is -2.13. The molecule has 2 heterocycles. The highest BCUT2D eigenvalue weighted by atomic mass is 32.1. The van der Waals surface area contributed by atoms with Crippen molar-refractivity contribution >= 4 is 39.1 Å². The second kappa shape index (κ2) is 6.27. The molecule has 1 aliphatic heterocycles. The van der Waals surface area contributed by atoms with Crippen LogP contribution in [0.4, 0.5) is 5.69 Å². The van der Waals surface area contributed by atoms with Crippen molar-refractivity contribution in [2.45, 2.75) is 6.92 Å². The Kier molecular flexibility index (Phi) is 3.93. The number of phenolic OH excluding ortho intramolecular Hbond substituents is 1. The Morgan fingerprint density at radius 3 is 2.81 bits per heavy atom. The van der Waals surface area contributed by atoms with Gasteiger partial charge in [-0.3, -0.25) is 14.5 Å². The molecule has 2 N–H and O–H groups in total. The summed E-state index contributed by atoms with van der Waals surface area (Å²) in [5, 5.41) is 14.1. The molecule has 0 saturated heterocycles. The zero-order valence-corrected chi connectivity index (χ0v) is 14.7. The van der Waals surface area contributed by atoms with Crippen molar-refractivity contribution in [3.8, 4) is 16.3 Å². The minimum atomic E-state index is -0.329. The summed E-state index contributed by atoms with van der Waals surface area (Å²) in [4.78, 5) is 29.0. The molecule has 0 bridgehead atoms. The number of aromatic hydroxyl groups is 1. The van der Waals surface area contributed by atoms with Gasteiger partial charge < -0.3 is 10.4 Å². The Morgan fingerprint density at radius 1 is 1.27 bits per heavy atom. The molecule has 2 amide bonds. The van der Waals surface area contributed by atoms with Crippen molar-refractivity contribution in [1.29, 1.82) is 0 Å². The summed E-state index contributed by atoms with van der Waals surface area (Å²) >= 11 is 1.50. The number of fused-ring (bicyclic) bond motifs is 1. The minimum absolute atomic E-state index is 0.136. The van der Waals surface area contributed by atoms with E-state index in [-0.39, 0.29) is 24.1 Å². The van der Waals surface area contributed by atoms with Gasteiger partial charge in [-0.2, -0.15) is 0 Å². The first-order chi connectivity index (χ1) is 12.5. The summed E-state index contributed by atoms with van der Waals surface area (Å²) in [6, 6.07) is 12.9. The van der Waals surface area contributed by atoms with Gasteiger partial charge in [0, 0.05) is 24.4 Å². The van der Waals surface area contributed by atoms with Crippen LogP contribution in [0.3, 0.4) is 0 Å². The van der Waals surface area contributed by atoms with E-state index in [9.17, 15) is 14.7 Å². The second-order valence-electron chi connectivity index (χ2n) is 5.96. The van der Waals surface area contributed by atoms with Crippen molar-refractivity contribution in [3.63, 3.8) is 0 Å². The number of aromatic nitrogens is 1. The summed E-state index contributed by atoms with van der Waals surface area (Å²) in [5.74, 6) is -0.481. The molecule has 130 valence electrons. The van der Waals surface area contributed by atoms with Crippen molar-refractivity contribution < 1.29 is 14.7 Å². The number of phenols is 1. The molecule has 26 heavy (non-hydrogen) atoms. The predicted octanol–water partition coefficient (Wildman–Crippen LogP) is 3.35. The first-order valence-electron chi connectivity index (χ1n) is 8.00. The van der Waals surface area contributed by atoms with Gasteiger partial charge in [-0.1, -0.05) is 12.1 Å². The molecule has 3 aromatic rings. The maximum atomic E-state index is 11.8. The molecular formula is C19H15N3O3S. The number of nitrogens with zero attached hydrogens (tertiary/aromatic N) is 2. The fourth-order valence-corrected chi connectivity index (χ4v) is 3.81. The van der Waals surface area contributed by atoms with E-state index < -0.39 is 0 Å². The number of benzene rings is 2. The molecule has 0 atom stereocenters. The fraction of sp³-hybridized carbons (Fsp3) is 0.105. The minimum Gasteiger partial charge on any atom is -0.507 e. The lowest BCUT2D eigenvalue weighted by Crippen LogP contribution is -2.31. The summed E-state index contributed by atoms with van der Waals surface area (Å²) in [6.45, 7) is 1.58. The lowest BCUT2D eigenvalue weighted by molar-refractivity contribution is -0.138. The van der Waals surface area contributed by atoms with Crippen LogP contribution in [0.5, 0.6) is 5.75 Å². The molecule has 7 heteroatoms. The van der Waals surface area contributed by atoms with E-state index in [1.807, 2.05) is 24.3 Å². The largest absolute Gasteiger partial charge is 0.507 e. The molecule has 0 spiro atoms. The standard InChI is InChI=1S/C19H15N3O3S/c1-11(23)22-10-13(9-18(22)25)20-12-6-7-16(24)14(8-12)19-21-15-4-2-3-5-17(15)26-19/h2-9,20,24H,10H2,1H3. The van der Waals surface area contributed by atoms with Gasteiger partial charge in [-0.25, -0.2) is 4.98 Å². The number of imide groups is 1. The zero-order chi connectivity index (χ0) is 18.3. The number of anilines is 1. The zero-order valence-electron chi connectivity index (χ0n) is 13.9. The number of nitrogens with one attached hydrogen (secondary N) is 1. The number of rotatable bonds is 3. The lowest BCUT2D eigenvalue weighted by atomic mass is 10.2. The second-order valence-corrected chi connectivity index (χ2v) is 6.99. The predicted molar refractivity (Wildman–Crippen MR) is 101 cm³/mol. The average molecular weight is 365 g/mol. The van der Waals surface area contributed by atoms with Crippen molar-refractivity contribution in [2.24, 2.45) is 0 Å². The number of hydrogen-bond donors (Lipinski definition) is 2. The van der Waals surface area contributed by atoms with E-state index in [1.54, 1.807) is 18.2 Å². The number of hydrogen-bond acceptors (Lipinski definition) is 6. The topological polar surface area (TPSA) is 82.5 Å². The third-order valence-corrected chi connectivity index (χ3v) is 5.17. The summed E-state index contributed by atoms with van der Waals surface area (Å²) in [5.41, 5.74) is 2.84. The number of carbonyl (C=O) groups is 2. The molecule has 6 nitrogen and oxygen atoms in total. The quantitative estimate of drug-likeness (QED) is 0.696. The van der Waals surface area contributed by atoms with E-state index in [4.69, 9.17) is 0 Å². The highest BCUT2D eigenvalue weighted by molar-refractivity contribution is 7.21. The first-order valence-corrected chi connectivity index (χ1v) is 8.81. The molecule has 0 aliphatic carbocycles. The van der Waals surface area contributed by atoms with Gasteiger partial charge in [-0.05, 0) is 30.3 Å². The van der Waals surface area contributed by atoms with Crippen LogP contribution < -0.4 is 5.32 Å². The Bertz CT molecular complexity index is 1040. The van der Waals surface area contributed by atoms with Crippen LogP contribution >= 0.6 is 11.3 Å². The number of carbonyl (C=O) groups excluding carboxylic acids is 2. The molecule has 0 unspecified atom stereocenters. The maximum Gasteiger partial charge on any atom is 0.255 e. The van der Waals surface area contributed by atoms with Crippen LogP contribution in [0.15, 0.2) is 54.2 Å². The number of amides is 2. The van der Waals surface area contributed by atoms with Crippen molar-refractivity contribution in [2.75, 3.05) is 11.9 Å². The Morgan fingerprint density at radius 2 is 2.08 bits per heavy atom. The van der Waals surface area contributed by atoms with Crippen LogP contribution in [-0.2, 0) is 9.59 Å². The van der Waals surface area contributed by atoms with Crippen LogP contribution in [0.2, 0.25) is 0 Å². The number of para-hydroxylation sites is 1. The van der Waals surface area contributed by atoms with Crippen LogP contribution in [0, 0.1) is 0 Å². The van der Waals surface area contributed by atoms with Gasteiger partial charge in [-0.15, -0.1) is 11.3 Å². The highest BCUT2D eigenvalue weighted by Gasteiger charge is 2.24. The SMILES string of the molecule is CC(=O)N1CC(Nc2ccc(O)c(-c3nc4ccccc4s3)c2)=CC1=O. The van der Waals surface area contributed by atoms with Gasteiger partial charge in [0.15, 0.2) is 0 Å². The molecule has 0 radical (unpaired) electrons. The van der Waals surface area contributed by atoms with E-state index in [0.717, 1.165) is 15.1 Å². The summed E-state index contributed by atoms with van der Waals surface area (Å²) in [6.07, 6.45) is 1.41. The van der Waals surface area contributed by atoms with E-state index in [2.05, 4.69) is 10.3 Å². The number of thiazole rings is 1. The Labute approximate surface area is 153 Å². The Balaban J connectivity index is 1.64. The van der Waals surface area contributed by atoms with Gasteiger partial charge in [0.2, 0.25) is 5.91 Å². The third-order valence-electron chi connectivity index (χ3n) is 4.10. The van der Waals surface area contributed by atoms with Gasteiger partial charge in [0.1, 0.15) is 10.8 Å². The van der Waals surface area contributed by atoms with Crippen molar-refractivity contribution in [1.82, 2.24) is 9.88 Å². The highest BCUT2D eigenvalue weighted by Crippen LogP contribution is 2.37. The van der Waals surface area contributed by atoms with Crippen LogP contribution in [0.1, 0.15) is 6.92 Å². The van der Waals surface area contributed by atoms with E-state index >= 15 is 0 Å². The fourth-order valence-electron chi connectivity index (χ4n) is 2.82. The van der Waals surface area contributed by atoms with Gasteiger partial charge in [0.25, 0.3) is 5.91 Å². The molecule has 0 fully saturated rings. The molecule has 2 aromatic carbocycles. The van der Waals surface area contributed by atoms with Crippen LogP contribution in [-0.4, -0.2) is 33.3 Å². The Hall–Kier alpha value is -3.19. The van der Waals surface area contributed by atoms with Crippen molar-refractivity contribution in [3.05, 3.63) is 54.2 Å². The van der Waals surface area contributed by atoms with Gasteiger partial charge in [0.05, 0.1) is 22.3 Å².